The van der Waals surface area contributed by atoms with Crippen molar-refractivity contribution in [1.29, 1.82) is 0 Å². The molecule has 5 heteroatoms. The molecule has 0 saturated carbocycles. The predicted octanol–water partition coefficient (Wildman–Crippen LogP) is 4.63. The number of carbonyl (C=O) groups is 1. The first-order chi connectivity index (χ1) is 12.6. The second-order valence-electron chi connectivity index (χ2n) is 6.94. The van der Waals surface area contributed by atoms with E-state index in [0.717, 1.165) is 36.9 Å². The number of rotatable bonds is 3. The first-order valence-electron chi connectivity index (χ1n) is 8.87. The summed E-state index contributed by atoms with van der Waals surface area (Å²) in [5.74, 6) is -0.131. The molecule has 0 bridgehead atoms. The summed E-state index contributed by atoms with van der Waals surface area (Å²) < 4.78 is 18.7. The van der Waals surface area contributed by atoms with Crippen molar-refractivity contribution in [3.8, 4) is 0 Å². The van der Waals surface area contributed by atoms with Gasteiger partial charge in [-0.15, -0.1) is 0 Å². The summed E-state index contributed by atoms with van der Waals surface area (Å²) in [7, 11) is 2.15. The molecule has 0 aliphatic carbocycles. The van der Waals surface area contributed by atoms with Crippen LogP contribution in [0.1, 0.15) is 34.7 Å². The summed E-state index contributed by atoms with van der Waals surface area (Å²) >= 11 is 0. The molecule has 1 amide bonds. The molecule has 1 N–H and O–H groups in total. The van der Waals surface area contributed by atoms with E-state index in [1.165, 1.54) is 29.8 Å². The van der Waals surface area contributed by atoms with Crippen molar-refractivity contribution in [2.45, 2.75) is 18.8 Å². The standard InChI is InChI=1S/C21H21FN2O2/c1-24-10-8-14(9-11-24)19-13-26-20-7-6-17(12-18(19)20)23-21(25)15-2-4-16(22)5-3-15/h2-7,12-14H,8-11H2,1H3,(H,23,25). The number of benzene rings is 2. The molecule has 2 heterocycles. The Kier molecular flexibility index (Phi) is 4.47. The maximum Gasteiger partial charge on any atom is 0.255 e. The Morgan fingerprint density at radius 2 is 1.88 bits per heavy atom. The smallest absolute Gasteiger partial charge is 0.255 e. The molecule has 1 fully saturated rings. The Labute approximate surface area is 151 Å². The van der Waals surface area contributed by atoms with Crippen LogP contribution in [0.25, 0.3) is 11.0 Å². The van der Waals surface area contributed by atoms with E-state index in [1.54, 1.807) is 0 Å². The van der Waals surface area contributed by atoms with Crippen molar-refractivity contribution >= 4 is 22.6 Å². The summed E-state index contributed by atoms with van der Waals surface area (Å²) in [6.45, 7) is 2.16. The van der Waals surface area contributed by atoms with Crippen LogP contribution in [-0.4, -0.2) is 30.9 Å². The predicted molar refractivity (Wildman–Crippen MR) is 100 cm³/mol. The summed E-state index contributed by atoms with van der Waals surface area (Å²) in [6, 6.07) is 11.2. The molecule has 0 spiro atoms. The molecule has 2 aromatic carbocycles. The minimum Gasteiger partial charge on any atom is -0.464 e. The number of halogens is 1. The third-order valence-electron chi connectivity index (χ3n) is 5.13. The van der Waals surface area contributed by atoms with Gasteiger partial charge in [-0.05, 0) is 81.4 Å². The zero-order chi connectivity index (χ0) is 18.1. The van der Waals surface area contributed by atoms with Crippen LogP contribution in [0.4, 0.5) is 10.1 Å². The van der Waals surface area contributed by atoms with E-state index in [-0.39, 0.29) is 11.7 Å². The molecule has 1 saturated heterocycles. The number of likely N-dealkylation sites (tertiary alicyclic amines) is 1. The molecule has 26 heavy (non-hydrogen) atoms. The molecular formula is C21H21FN2O2. The summed E-state index contributed by atoms with van der Waals surface area (Å²) in [4.78, 5) is 14.7. The molecule has 0 atom stereocenters. The van der Waals surface area contributed by atoms with Gasteiger partial charge in [0.1, 0.15) is 11.4 Å². The SMILES string of the molecule is CN1CCC(c2coc3ccc(NC(=O)c4ccc(F)cc4)cc23)CC1. The lowest BCUT2D eigenvalue weighted by atomic mass is 9.89. The normalized spacial score (nSPS) is 16.1. The van der Waals surface area contributed by atoms with Crippen LogP contribution in [0.3, 0.4) is 0 Å². The first kappa shape index (κ1) is 16.8. The summed E-state index contributed by atoms with van der Waals surface area (Å²) in [5.41, 5.74) is 3.18. The number of furan rings is 1. The van der Waals surface area contributed by atoms with Crippen molar-refractivity contribution in [2.75, 3.05) is 25.5 Å². The second-order valence-corrected chi connectivity index (χ2v) is 6.94. The van der Waals surface area contributed by atoms with Crippen LogP contribution < -0.4 is 5.32 Å². The molecule has 3 aromatic rings. The highest BCUT2D eigenvalue weighted by molar-refractivity contribution is 6.05. The van der Waals surface area contributed by atoms with Gasteiger partial charge in [0, 0.05) is 22.2 Å². The van der Waals surface area contributed by atoms with Crippen molar-refractivity contribution in [1.82, 2.24) is 4.90 Å². The Morgan fingerprint density at radius 3 is 2.62 bits per heavy atom. The summed E-state index contributed by atoms with van der Waals surface area (Å²) in [6.07, 6.45) is 4.07. The molecule has 0 unspecified atom stereocenters. The molecule has 4 nitrogen and oxygen atoms in total. The lowest BCUT2D eigenvalue weighted by Crippen LogP contribution is -2.29. The fraction of sp³-hybridized carbons (Fsp3) is 0.286. The van der Waals surface area contributed by atoms with Crippen LogP contribution in [0.2, 0.25) is 0 Å². The highest BCUT2D eigenvalue weighted by atomic mass is 19.1. The number of fused-ring (bicyclic) bond motifs is 1. The van der Waals surface area contributed by atoms with Gasteiger partial charge >= 0.3 is 0 Å². The van der Waals surface area contributed by atoms with Gasteiger partial charge in [0.05, 0.1) is 6.26 Å². The lowest BCUT2D eigenvalue weighted by Gasteiger charge is -2.28. The maximum atomic E-state index is 13.0. The van der Waals surface area contributed by atoms with Crippen molar-refractivity contribution in [3.63, 3.8) is 0 Å². The average Bonchev–Trinajstić information content (AvgIpc) is 3.06. The Bertz CT molecular complexity index is 925. The van der Waals surface area contributed by atoms with E-state index in [1.807, 2.05) is 24.5 Å². The quantitative estimate of drug-likeness (QED) is 0.747. The van der Waals surface area contributed by atoms with Crippen LogP contribution >= 0.6 is 0 Å². The third kappa shape index (κ3) is 3.35. The third-order valence-corrected chi connectivity index (χ3v) is 5.13. The fourth-order valence-electron chi connectivity index (χ4n) is 3.57. The average molecular weight is 352 g/mol. The van der Waals surface area contributed by atoms with E-state index in [0.29, 0.717) is 17.2 Å². The minimum absolute atomic E-state index is 0.256. The van der Waals surface area contributed by atoms with Crippen LogP contribution in [-0.2, 0) is 0 Å². The minimum atomic E-state index is -0.357. The fourth-order valence-corrected chi connectivity index (χ4v) is 3.57. The Hall–Kier alpha value is -2.66. The van der Waals surface area contributed by atoms with Crippen LogP contribution in [0, 0.1) is 5.82 Å². The molecule has 0 radical (unpaired) electrons. The lowest BCUT2D eigenvalue weighted by molar-refractivity contribution is 0.102. The molecule has 1 aliphatic rings. The molecule has 1 aliphatic heterocycles. The van der Waals surface area contributed by atoms with Gasteiger partial charge in [0.15, 0.2) is 0 Å². The van der Waals surface area contributed by atoms with Gasteiger partial charge in [0.2, 0.25) is 0 Å². The zero-order valence-corrected chi connectivity index (χ0v) is 14.7. The van der Waals surface area contributed by atoms with E-state index in [4.69, 9.17) is 4.42 Å². The maximum absolute atomic E-state index is 13.0. The van der Waals surface area contributed by atoms with E-state index >= 15 is 0 Å². The van der Waals surface area contributed by atoms with Gasteiger partial charge in [-0.1, -0.05) is 0 Å². The van der Waals surface area contributed by atoms with Crippen LogP contribution in [0.5, 0.6) is 0 Å². The van der Waals surface area contributed by atoms with E-state index in [9.17, 15) is 9.18 Å². The number of amides is 1. The second kappa shape index (κ2) is 6.92. The van der Waals surface area contributed by atoms with E-state index in [2.05, 4.69) is 17.3 Å². The number of nitrogens with one attached hydrogen (secondary N) is 1. The largest absolute Gasteiger partial charge is 0.464 e. The van der Waals surface area contributed by atoms with Crippen molar-refractivity contribution in [3.05, 3.63) is 65.7 Å². The topological polar surface area (TPSA) is 45.5 Å². The number of nitrogens with zero attached hydrogens (tertiary/aromatic N) is 1. The Morgan fingerprint density at radius 1 is 1.15 bits per heavy atom. The zero-order valence-electron chi connectivity index (χ0n) is 14.7. The first-order valence-corrected chi connectivity index (χ1v) is 8.87. The molecule has 1 aromatic heterocycles. The number of carbonyl (C=O) groups excluding carboxylic acids is 1. The monoisotopic (exact) mass is 352 g/mol. The van der Waals surface area contributed by atoms with Gasteiger partial charge in [-0.2, -0.15) is 0 Å². The van der Waals surface area contributed by atoms with E-state index < -0.39 is 0 Å². The Balaban J connectivity index is 1.57. The number of hydrogen-bond donors (Lipinski definition) is 1. The van der Waals surface area contributed by atoms with Crippen molar-refractivity contribution < 1.29 is 13.6 Å². The molecular weight excluding hydrogens is 331 g/mol. The number of piperidine rings is 1. The molecule has 134 valence electrons. The van der Waals surface area contributed by atoms with Gasteiger partial charge in [0.25, 0.3) is 5.91 Å². The molecule has 4 rings (SSSR count). The van der Waals surface area contributed by atoms with Crippen molar-refractivity contribution in [2.24, 2.45) is 0 Å². The van der Waals surface area contributed by atoms with Gasteiger partial charge in [-0.3, -0.25) is 4.79 Å². The van der Waals surface area contributed by atoms with Crippen LogP contribution in [0.15, 0.2) is 53.1 Å². The highest BCUT2D eigenvalue weighted by Crippen LogP contribution is 2.35. The van der Waals surface area contributed by atoms with Gasteiger partial charge < -0.3 is 14.6 Å². The van der Waals surface area contributed by atoms with Gasteiger partial charge in [-0.25, -0.2) is 4.39 Å². The number of anilines is 1. The highest BCUT2D eigenvalue weighted by Gasteiger charge is 2.22. The summed E-state index contributed by atoms with van der Waals surface area (Å²) in [5, 5.41) is 3.94. The number of hydrogen-bond acceptors (Lipinski definition) is 3.